The molecule has 0 atom stereocenters. The summed E-state index contributed by atoms with van der Waals surface area (Å²) in [5.74, 6) is 0.805. The summed E-state index contributed by atoms with van der Waals surface area (Å²) in [6.07, 6.45) is 3.99. The number of nitrogens with zero attached hydrogens (tertiary/aromatic N) is 3. The second kappa shape index (κ2) is 7.90. The zero-order valence-electron chi connectivity index (χ0n) is 13.2. The Hall–Kier alpha value is -2.94. The number of carbonyl (C=O) groups excluding carboxylic acids is 1. The molecule has 0 fully saturated rings. The first kappa shape index (κ1) is 16.4. The molecule has 0 bridgehead atoms. The molecule has 0 aliphatic rings. The molecule has 0 saturated carbocycles. The van der Waals surface area contributed by atoms with Crippen LogP contribution in [-0.4, -0.2) is 22.4 Å². The summed E-state index contributed by atoms with van der Waals surface area (Å²) in [6.45, 7) is 5.10. The topological polar surface area (TPSA) is 90.7 Å². The molecular formula is C17H19N5O. The lowest BCUT2D eigenvalue weighted by Crippen LogP contribution is -2.14. The highest BCUT2D eigenvalue weighted by Gasteiger charge is 2.08. The Labute approximate surface area is 135 Å². The lowest BCUT2D eigenvalue weighted by Gasteiger charge is -2.08. The molecule has 23 heavy (non-hydrogen) atoms. The Bertz CT molecular complexity index is 704. The van der Waals surface area contributed by atoms with Crippen LogP contribution in [0.2, 0.25) is 0 Å². The number of nitrogens with one attached hydrogen (secondary N) is 2. The molecule has 1 aromatic heterocycles. The Morgan fingerprint density at radius 2 is 2.04 bits per heavy atom. The van der Waals surface area contributed by atoms with E-state index in [2.05, 4.69) is 34.4 Å². The van der Waals surface area contributed by atoms with Gasteiger partial charge in [-0.25, -0.2) is 9.97 Å². The molecule has 0 saturated heterocycles. The minimum absolute atomic E-state index is 0.311. The number of hydrogen-bond acceptors (Lipinski definition) is 5. The molecule has 1 aromatic carbocycles. The number of rotatable bonds is 6. The van der Waals surface area contributed by atoms with Crippen LogP contribution in [0, 0.1) is 17.2 Å². The molecule has 0 unspecified atom stereocenters. The molecule has 118 valence electrons. The van der Waals surface area contributed by atoms with Crippen LogP contribution in [0.25, 0.3) is 0 Å². The van der Waals surface area contributed by atoms with Gasteiger partial charge in [-0.15, -0.1) is 0 Å². The normalized spacial score (nSPS) is 10.2. The van der Waals surface area contributed by atoms with Crippen LogP contribution < -0.4 is 10.6 Å². The number of benzene rings is 1. The van der Waals surface area contributed by atoms with Crippen LogP contribution in [0.15, 0.2) is 36.7 Å². The third kappa shape index (κ3) is 5.08. The first-order chi connectivity index (χ1) is 11.1. The minimum Gasteiger partial charge on any atom is -0.354 e. The first-order valence-electron chi connectivity index (χ1n) is 7.46. The van der Waals surface area contributed by atoms with Crippen molar-refractivity contribution in [3.8, 4) is 6.07 Å². The maximum absolute atomic E-state index is 12.1. The number of anilines is 2. The molecule has 0 spiro atoms. The fourth-order valence-corrected chi connectivity index (χ4v) is 1.88. The van der Waals surface area contributed by atoms with E-state index in [0.717, 1.165) is 13.0 Å². The summed E-state index contributed by atoms with van der Waals surface area (Å²) in [5.41, 5.74) is 1.42. The van der Waals surface area contributed by atoms with E-state index in [4.69, 9.17) is 5.26 Å². The molecule has 0 aliphatic heterocycles. The zero-order valence-corrected chi connectivity index (χ0v) is 13.2. The summed E-state index contributed by atoms with van der Waals surface area (Å²) in [4.78, 5) is 20.4. The maximum atomic E-state index is 12.1. The Morgan fingerprint density at radius 3 is 2.70 bits per heavy atom. The van der Waals surface area contributed by atoms with Gasteiger partial charge in [-0.1, -0.05) is 19.9 Å². The van der Waals surface area contributed by atoms with Crippen LogP contribution in [-0.2, 0) is 0 Å². The number of amides is 1. The summed E-state index contributed by atoms with van der Waals surface area (Å²) < 4.78 is 0. The van der Waals surface area contributed by atoms with Gasteiger partial charge in [0.15, 0.2) is 0 Å². The predicted octanol–water partition coefficient (Wildman–Crippen LogP) is 3.06. The quantitative estimate of drug-likeness (QED) is 0.855. The number of aromatic nitrogens is 2. The van der Waals surface area contributed by atoms with Crippen LogP contribution in [0.1, 0.15) is 36.2 Å². The van der Waals surface area contributed by atoms with E-state index < -0.39 is 0 Å². The van der Waals surface area contributed by atoms with Crippen molar-refractivity contribution in [3.05, 3.63) is 47.8 Å². The fraction of sp³-hybridized carbons (Fsp3) is 0.294. The van der Waals surface area contributed by atoms with Gasteiger partial charge in [0.25, 0.3) is 5.91 Å². The summed E-state index contributed by atoms with van der Waals surface area (Å²) >= 11 is 0. The van der Waals surface area contributed by atoms with Gasteiger partial charge in [0, 0.05) is 24.6 Å². The monoisotopic (exact) mass is 309 g/mol. The van der Waals surface area contributed by atoms with Gasteiger partial charge < -0.3 is 10.6 Å². The molecular weight excluding hydrogens is 290 g/mol. The molecule has 2 rings (SSSR count). The standard InChI is InChI=1S/C17H19N5O/c1-12(2)6-7-19-17-20-10-14(11-21-17)16(23)22-15-5-3-4-13(8-15)9-18/h3-5,8,10-12H,6-7H2,1-2H3,(H,22,23)(H,19,20,21). The molecule has 0 aliphatic carbocycles. The van der Waals surface area contributed by atoms with Crippen LogP contribution in [0.4, 0.5) is 11.6 Å². The lowest BCUT2D eigenvalue weighted by atomic mass is 10.1. The van der Waals surface area contributed by atoms with Crippen LogP contribution in [0.3, 0.4) is 0 Å². The Kier molecular flexibility index (Phi) is 5.64. The van der Waals surface area contributed by atoms with E-state index in [0.29, 0.717) is 28.7 Å². The van der Waals surface area contributed by atoms with Crippen LogP contribution in [0.5, 0.6) is 0 Å². The first-order valence-corrected chi connectivity index (χ1v) is 7.46. The van der Waals surface area contributed by atoms with E-state index >= 15 is 0 Å². The predicted molar refractivity (Wildman–Crippen MR) is 89.1 cm³/mol. The largest absolute Gasteiger partial charge is 0.354 e. The molecule has 1 amide bonds. The Balaban J connectivity index is 1.96. The van der Waals surface area contributed by atoms with Crippen molar-refractivity contribution in [2.75, 3.05) is 17.2 Å². The van der Waals surface area contributed by atoms with E-state index in [-0.39, 0.29) is 5.91 Å². The summed E-state index contributed by atoms with van der Waals surface area (Å²) in [6, 6.07) is 8.76. The van der Waals surface area contributed by atoms with Crippen molar-refractivity contribution in [3.63, 3.8) is 0 Å². The fourth-order valence-electron chi connectivity index (χ4n) is 1.88. The molecule has 0 radical (unpaired) electrons. The third-order valence-electron chi connectivity index (χ3n) is 3.17. The number of carbonyl (C=O) groups is 1. The van der Waals surface area contributed by atoms with E-state index in [1.165, 1.54) is 12.4 Å². The molecule has 1 heterocycles. The molecule has 2 aromatic rings. The van der Waals surface area contributed by atoms with Crippen molar-refractivity contribution in [1.29, 1.82) is 5.26 Å². The Morgan fingerprint density at radius 1 is 1.30 bits per heavy atom. The van der Waals surface area contributed by atoms with E-state index in [1.807, 2.05) is 6.07 Å². The highest BCUT2D eigenvalue weighted by molar-refractivity contribution is 6.03. The third-order valence-corrected chi connectivity index (χ3v) is 3.17. The average Bonchev–Trinajstić information content (AvgIpc) is 2.55. The lowest BCUT2D eigenvalue weighted by molar-refractivity contribution is 0.102. The van der Waals surface area contributed by atoms with Gasteiger partial charge in [-0.05, 0) is 30.5 Å². The van der Waals surface area contributed by atoms with Crippen molar-refractivity contribution >= 4 is 17.5 Å². The second-order valence-corrected chi connectivity index (χ2v) is 5.55. The van der Waals surface area contributed by atoms with Gasteiger partial charge in [0.2, 0.25) is 5.95 Å². The molecule has 6 heteroatoms. The van der Waals surface area contributed by atoms with Gasteiger partial charge in [-0.2, -0.15) is 5.26 Å². The van der Waals surface area contributed by atoms with Crippen LogP contribution >= 0.6 is 0 Å². The van der Waals surface area contributed by atoms with Gasteiger partial charge in [0.05, 0.1) is 17.2 Å². The number of nitriles is 1. The molecule has 2 N–H and O–H groups in total. The smallest absolute Gasteiger partial charge is 0.258 e. The maximum Gasteiger partial charge on any atom is 0.258 e. The van der Waals surface area contributed by atoms with Crippen molar-refractivity contribution in [2.24, 2.45) is 5.92 Å². The van der Waals surface area contributed by atoms with Crippen molar-refractivity contribution in [2.45, 2.75) is 20.3 Å². The van der Waals surface area contributed by atoms with Gasteiger partial charge in [0.1, 0.15) is 0 Å². The number of hydrogen-bond donors (Lipinski definition) is 2. The zero-order chi connectivity index (χ0) is 16.7. The highest BCUT2D eigenvalue weighted by atomic mass is 16.1. The summed E-state index contributed by atoms with van der Waals surface area (Å²) in [5, 5.41) is 14.7. The van der Waals surface area contributed by atoms with Crippen molar-refractivity contribution < 1.29 is 4.79 Å². The van der Waals surface area contributed by atoms with Gasteiger partial charge in [-0.3, -0.25) is 4.79 Å². The highest BCUT2D eigenvalue weighted by Crippen LogP contribution is 2.11. The van der Waals surface area contributed by atoms with Crippen molar-refractivity contribution in [1.82, 2.24) is 9.97 Å². The minimum atomic E-state index is -0.311. The average molecular weight is 309 g/mol. The van der Waals surface area contributed by atoms with Gasteiger partial charge >= 0.3 is 0 Å². The SMILES string of the molecule is CC(C)CCNc1ncc(C(=O)Nc2cccc(C#N)c2)cn1. The van der Waals surface area contributed by atoms with E-state index in [9.17, 15) is 4.79 Å². The second-order valence-electron chi connectivity index (χ2n) is 5.55. The summed E-state index contributed by atoms with van der Waals surface area (Å²) in [7, 11) is 0. The van der Waals surface area contributed by atoms with E-state index in [1.54, 1.807) is 24.3 Å². The molecule has 6 nitrogen and oxygen atoms in total.